The van der Waals surface area contributed by atoms with Gasteiger partial charge >= 0.3 is 0 Å². The second-order valence-electron chi connectivity index (χ2n) is 12.5. The van der Waals surface area contributed by atoms with Crippen LogP contribution < -0.4 is 10.6 Å². The van der Waals surface area contributed by atoms with Crippen LogP contribution in [0, 0.1) is 23.7 Å². The summed E-state index contributed by atoms with van der Waals surface area (Å²) in [6, 6.07) is 0.458. The molecule has 222 valence electrons. The third kappa shape index (κ3) is 8.48. The van der Waals surface area contributed by atoms with Crippen molar-refractivity contribution in [2.24, 2.45) is 28.7 Å². The third-order valence-electron chi connectivity index (χ3n) is 9.78. The Morgan fingerprint density at radius 1 is 0.718 bits per heavy atom. The van der Waals surface area contributed by atoms with Crippen LogP contribution in [0.4, 0.5) is 0 Å². The molecule has 0 aromatic rings. The van der Waals surface area contributed by atoms with Gasteiger partial charge in [-0.25, -0.2) is 0 Å². The molecular weight excluding hydrogens is 537 g/mol. The van der Waals surface area contributed by atoms with Crippen molar-refractivity contribution in [3.8, 4) is 0 Å². The van der Waals surface area contributed by atoms with Gasteiger partial charge in [0.05, 0.1) is 25.2 Å². The van der Waals surface area contributed by atoms with Crippen molar-refractivity contribution in [1.29, 1.82) is 0 Å². The van der Waals surface area contributed by atoms with Crippen LogP contribution >= 0.6 is 23.2 Å². The van der Waals surface area contributed by atoms with Crippen LogP contribution in [0.25, 0.3) is 0 Å². The number of aliphatic imine (C=N–C) groups is 1. The minimum atomic E-state index is -0.196. The second-order valence-corrected chi connectivity index (χ2v) is 13.6. The largest absolute Gasteiger partial charge is 0.484 e. The molecule has 0 saturated heterocycles. The molecule has 0 aromatic carbocycles. The minimum Gasteiger partial charge on any atom is -0.484 e. The maximum atomic E-state index is 13.0. The molecule has 0 aliphatic heterocycles. The summed E-state index contributed by atoms with van der Waals surface area (Å²) in [5, 5.41) is 6.50. The summed E-state index contributed by atoms with van der Waals surface area (Å²) in [6.07, 6.45) is 13.5. The Morgan fingerprint density at radius 3 is 1.77 bits per heavy atom. The fraction of sp³-hybridized carbons (Fsp3) is 0.900. The number of carbonyl (C=O) groups is 2. The number of nitrogens with zero attached hydrogens (tertiary/aromatic N) is 1. The molecule has 4 aliphatic carbocycles. The predicted octanol–water partition coefficient (Wildman–Crippen LogP) is 5.60. The van der Waals surface area contributed by atoms with E-state index in [-0.39, 0.29) is 64.6 Å². The Labute approximate surface area is 244 Å². The van der Waals surface area contributed by atoms with Crippen LogP contribution in [-0.2, 0) is 19.1 Å². The van der Waals surface area contributed by atoms with Crippen molar-refractivity contribution >= 4 is 40.9 Å². The van der Waals surface area contributed by atoms with E-state index < -0.39 is 0 Å². The molecule has 6 atom stereocenters. The number of ether oxygens (including phenoxy) is 2. The van der Waals surface area contributed by atoms with Crippen LogP contribution in [0.5, 0.6) is 0 Å². The number of rotatable bonds is 7. The highest BCUT2D eigenvalue weighted by Crippen LogP contribution is 2.35. The number of amides is 2. The first kappa shape index (κ1) is 30.9. The lowest BCUT2D eigenvalue weighted by Crippen LogP contribution is -2.46. The van der Waals surface area contributed by atoms with Gasteiger partial charge in [0.15, 0.2) is 5.90 Å². The Hall–Kier alpha value is -1.05. The maximum Gasteiger partial charge on any atom is 0.224 e. The molecule has 7 nitrogen and oxygen atoms in total. The summed E-state index contributed by atoms with van der Waals surface area (Å²) in [7, 11) is 3.38. The maximum absolute atomic E-state index is 13.0. The fourth-order valence-corrected chi connectivity index (χ4v) is 7.96. The first-order valence-electron chi connectivity index (χ1n) is 15.3. The van der Waals surface area contributed by atoms with Gasteiger partial charge in [-0.3, -0.25) is 14.6 Å². The monoisotopic (exact) mass is 585 g/mol. The minimum absolute atomic E-state index is 0.0673. The van der Waals surface area contributed by atoms with Gasteiger partial charge < -0.3 is 20.1 Å². The molecule has 2 amide bonds. The van der Waals surface area contributed by atoms with Crippen LogP contribution in [0.2, 0.25) is 0 Å². The number of halogens is 2. The Morgan fingerprint density at radius 2 is 1.26 bits per heavy atom. The Balaban J connectivity index is 1.11. The van der Waals surface area contributed by atoms with E-state index in [0.717, 1.165) is 95.8 Å². The fourth-order valence-electron chi connectivity index (χ4n) is 7.17. The summed E-state index contributed by atoms with van der Waals surface area (Å²) < 4.78 is 11.9. The Kier molecular flexibility index (Phi) is 11.7. The SMILES string of the molecule is CN=C(OC)C1CCC(C(=O)NC2CCC(OC3CCC(NC(=O)C4CCC(C)C(Cl)C4)CC3)CC2)C(Cl)C1. The topological polar surface area (TPSA) is 89.0 Å². The van der Waals surface area contributed by atoms with Crippen molar-refractivity contribution in [2.45, 2.75) is 132 Å². The van der Waals surface area contributed by atoms with Gasteiger partial charge in [0.1, 0.15) is 0 Å². The van der Waals surface area contributed by atoms with Gasteiger partial charge in [-0.2, -0.15) is 0 Å². The van der Waals surface area contributed by atoms with Gasteiger partial charge in [0.2, 0.25) is 11.8 Å². The highest BCUT2D eigenvalue weighted by molar-refractivity contribution is 6.22. The van der Waals surface area contributed by atoms with E-state index in [4.69, 9.17) is 32.7 Å². The molecule has 4 aliphatic rings. The number of alkyl halides is 2. The lowest BCUT2D eigenvalue weighted by Gasteiger charge is -2.37. The van der Waals surface area contributed by atoms with Gasteiger partial charge in [-0.15, -0.1) is 23.2 Å². The molecule has 4 fully saturated rings. The zero-order valence-corrected chi connectivity index (χ0v) is 25.5. The second kappa shape index (κ2) is 14.7. The van der Waals surface area contributed by atoms with E-state index in [1.807, 2.05) is 0 Å². The molecule has 0 spiro atoms. The summed E-state index contributed by atoms with van der Waals surface area (Å²) in [6.45, 7) is 2.18. The molecule has 0 aromatic heterocycles. The summed E-state index contributed by atoms with van der Waals surface area (Å²) in [4.78, 5) is 30.0. The standard InChI is InChI=1S/C30H49Cl2N3O4/c1-18-4-5-19(16-26(18)31)28(36)34-21-7-11-23(12-8-21)39-24-13-9-22(10-14-24)35-29(37)25-15-6-20(17-27(25)32)30(33-2)38-3/h18-27H,4-17H2,1-3H3,(H,34,36)(H,35,37). The first-order valence-corrected chi connectivity index (χ1v) is 16.2. The van der Waals surface area contributed by atoms with E-state index in [9.17, 15) is 9.59 Å². The number of nitrogens with one attached hydrogen (secondary N) is 2. The first-order chi connectivity index (χ1) is 18.8. The lowest BCUT2D eigenvalue weighted by atomic mass is 9.80. The summed E-state index contributed by atoms with van der Waals surface area (Å²) in [5.41, 5.74) is 0. The van der Waals surface area contributed by atoms with Crippen molar-refractivity contribution in [3.63, 3.8) is 0 Å². The molecular formula is C30H49Cl2N3O4. The highest BCUT2D eigenvalue weighted by Gasteiger charge is 2.38. The predicted molar refractivity (Wildman–Crippen MR) is 156 cm³/mol. The third-order valence-corrected chi connectivity index (χ3v) is 10.9. The highest BCUT2D eigenvalue weighted by atomic mass is 35.5. The molecule has 0 heterocycles. The van der Waals surface area contributed by atoms with Crippen LogP contribution in [0.1, 0.15) is 96.8 Å². The van der Waals surface area contributed by atoms with Crippen molar-refractivity contribution in [2.75, 3.05) is 14.2 Å². The number of carbonyl (C=O) groups excluding carboxylic acids is 2. The van der Waals surface area contributed by atoms with Gasteiger partial charge in [-0.1, -0.05) is 6.92 Å². The number of hydrogen-bond donors (Lipinski definition) is 2. The number of hydrogen-bond acceptors (Lipinski definition) is 5. The van der Waals surface area contributed by atoms with Crippen molar-refractivity contribution in [3.05, 3.63) is 0 Å². The van der Waals surface area contributed by atoms with E-state index >= 15 is 0 Å². The van der Waals surface area contributed by atoms with Crippen LogP contribution in [0.3, 0.4) is 0 Å². The van der Waals surface area contributed by atoms with Crippen molar-refractivity contribution < 1.29 is 19.1 Å². The zero-order chi connectivity index (χ0) is 27.9. The van der Waals surface area contributed by atoms with Crippen molar-refractivity contribution in [1.82, 2.24) is 10.6 Å². The Bertz CT molecular complexity index is 842. The molecule has 6 unspecified atom stereocenters. The van der Waals surface area contributed by atoms with E-state index in [2.05, 4.69) is 22.5 Å². The van der Waals surface area contributed by atoms with Crippen LogP contribution in [-0.4, -0.2) is 66.9 Å². The number of methoxy groups -OCH3 is 1. The van der Waals surface area contributed by atoms with E-state index in [0.29, 0.717) is 5.92 Å². The zero-order valence-electron chi connectivity index (χ0n) is 24.0. The van der Waals surface area contributed by atoms with E-state index in [1.165, 1.54) is 0 Å². The lowest BCUT2D eigenvalue weighted by molar-refractivity contribution is -0.127. The molecule has 39 heavy (non-hydrogen) atoms. The molecule has 0 bridgehead atoms. The molecule has 2 N–H and O–H groups in total. The summed E-state index contributed by atoms with van der Waals surface area (Å²) >= 11 is 13.1. The average Bonchev–Trinajstić information content (AvgIpc) is 2.93. The van der Waals surface area contributed by atoms with E-state index in [1.54, 1.807) is 14.2 Å². The normalized spacial score (nSPS) is 40.0. The molecule has 4 rings (SSSR count). The van der Waals surface area contributed by atoms with Gasteiger partial charge in [-0.05, 0) is 95.8 Å². The molecule has 9 heteroatoms. The molecule has 0 radical (unpaired) electrons. The average molecular weight is 587 g/mol. The summed E-state index contributed by atoms with van der Waals surface area (Å²) in [5.74, 6) is 1.64. The van der Waals surface area contributed by atoms with Gasteiger partial charge in [0.25, 0.3) is 0 Å². The van der Waals surface area contributed by atoms with Crippen LogP contribution in [0.15, 0.2) is 4.99 Å². The van der Waals surface area contributed by atoms with Gasteiger partial charge in [0, 0.05) is 41.7 Å². The quantitative estimate of drug-likeness (QED) is 0.231. The molecule has 4 saturated carbocycles. The smallest absolute Gasteiger partial charge is 0.224 e.